The number of imidazole rings is 1. The minimum Gasteiger partial charge on any atom is -0.494 e. The van der Waals surface area contributed by atoms with Gasteiger partial charge in [0.05, 0.1) is 12.9 Å². The second kappa shape index (κ2) is 15.0. The van der Waals surface area contributed by atoms with Crippen LogP contribution in [0.1, 0.15) is 83.5 Å². The number of ether oxygens (including phenoxy) is 2. The fourth-order valence-corrected chi connectivity index (χ4v) is 5.34. The molecule has 11 nitrogen and oxygen atoms in total. The highest BCUT2D eigenvalue weighted by Crippen LogP contribution is 2.27. The number of aryl methyl sites for hydroxylation is 1. The van der Waals surface area contributed by atoms with Crippen LogP contribution in [0.5, 0.6) is 5.75 Å². The number of nitrogens with one attached hydrogen (secondary N) is 3. The van der Waals surface area contributed by atoms with Gasteiger partial charge in [-0.1, -0.05) is 32.1 Å². The van der Waals surface area contributed by atoms with E-state index >= 15 is 0 Å². The fourth-order valence-electron chi connectivity index (χ4n) is 5.34. The van der Waals surface area contributed by atoms with Crippen molar-refractivity contribution >= 4 is 34.5 Å². The van der Waals surface area contributed by atoms with Crippen molar-refractivity contribution in [2.24, 2.45) is 7.05 Å². The molecule has 1 atom stereocenters. The Bertz CT molecular complexity index is 1240. The summed E-state index contributed by atoms with van der Waals surface area (Å²) in [5.41, 5.74) is 4.99. The second-order valence-electron chi connectivity index (χ2n) is 11.0. The number of amides is 1. The van der Waals surface area contributed by atoms with Gasteiger partial charge in [0.15, 0.2) is 17.8 Å². The molecule has 1 aromatic carbocycles. The van der Waals surface area contributed by atoms with Crippen LogP contribution >= 0.6 is 0 Å². The molecule has 1 amide bonds. The molecule has 2 fully saturated rings. The van der Waals surface area contributed by atoms with E-state index < -0.39 is 0 Å². The number of anilines is 3. The largest absolute Gasteiger partial charge is 0.494 e. The molecule has 1 saturated heterocycles. The quantitative estimate of drug-likeness (QED) is 0.165. The van der Waals surface area contributed by atoms with Crippen LogP contribution in [-0.2, 0) is 21.4 Å². The van der Waals surface area contributed by atoms with E-state index in [0.29, 0.717) is 37.3 Å². The molecule has 41 heavy (non-hydrogen) atoms. The van der Waals surface area contributed by atoms with Crippen molar-refractivity contribution < 1.29 is 19.1 Å². The van der Waals surface area contributed by atoms with Gasteiger partial charge in [-0.2, -0.15) is 9.97 Å². The number of hydroxylamine groups is 1. The Morgan fingerprint density at radius 1 is 1.00 bits per heavy atom. The lowest BCUT2D eigenvalue weighted by Crippen LogP contribution is -2.32. The third kappa shape index (κ3) is 8.77. The Morgan fingerprint density at radius 2 is 1.80 bits per heavy atom. The van der Waals surface area contributed by atoms with E-state index in [9.17, 15) is 4.79 Å². The number of rotatable bonds is 14. The molecule has 0 radical (unpaired) electrons. The van der Waals surface area contributed by atoms with Crippen molar-refractivity contribution in [1.29, 1.82) is 0 Å². The van der Waals surface area contributed by atoms with Crippen LogP contribution in [0.25, 0.3) is 11.2 Å². The van der Waals surface area contributed by atoms with Crippen LogP contribution in [0, 0.1) is 0 Å². The van der Waals surface area contributed by atoms with E-state index in [0.717, 1.165) is 80.6 Å². The Balaban J connectivity index is 1.01. The van der Waals surface area contributed by atoms with E-state index in [2.05, 4.69) is 26.1 Å². The molecule has 3 N–H and O–H groups in total. The molecular weight excluding hydrogens is 522 g/mol. The first kappa shape index (κ1) is 29.1. The van der Waals surface area contributed by atoms with Crippen LogP contribution in [0.2, 0.25) is 0 Å². The summed E-state index contributed by atoms with van der Waals surface area (Å²) in [5, 5.41) is 6.97. The van der Waals surface area contributed by atoms with Crippen molar-refractivity contribution in [2.75, 3.05) is 23.8 Å². The Kier molecular flexibility index (Phi) is 10.6. The molecule has 1 saturated carbocycles. The lowest BCUT2D eigenvalue weighted by atomic mass is 9.95. The van der Waals surface area contributed by atoms with Crippen LogP contribution in [-0.4, -0.2) is 51.0 Å². The van der Waals surface area contributed by atoms with Crippen molar-refractivity contribution in [3.63, 3.8) is 0 Å². The molecule has 5 rings (SSSR count). The first-order valence-electron chi connectivity index (χ1n) is 15.2. The van der Waals surface area contributed by atoms with E-state index in [1.165, 1.54) is 19.3 Å². The van der Waals surface area contributed by atoms with Gasteiger partial charge in [0.1, 0.15) is 11.3 Å². The third-order valence-corrected chi connectivity index (χ3v) is 7.64. The SMILES string of the molecule is Cn1cnc2nc(Nc3ccc(OCCCCCCC(=O)NOC4CCCCO4)cc3)nc(NC3CCCCC3)c21. The average molecular weight is 566 g/mol. The van der Waals surface area contributed by atoms with Gasteiger partial charge in [0, 0.05) is 38.2 Å². The zero-order valence-electron chi connectivity index (χ0n) is 24.1. The van der Waals surface area contributed by atoms with E-state index in [-0.39, 0.29) is 12.2 Å². The number of fused-ring (bicyclic) bond motifs is 1. The fraction of sp³-hybridized carbons (Fsp3) is 0.600. The molecule has 3 aromatic rings. The number of aromatic nitrogens is 4. The number of benzene rings is 1. The van der Waals surface area contributed by atoms with E-state index in [4.69, 9.17) is 19.3 Å². The van der Waals surface area contributed by atoms with E-state index in [1.54, 1.807) is 6.33 Å². The lowest BCUT2D eigenvalue weighted by molar-refractivity contribution is -0.200. The topological polar surface area (TPSA) is 124 Å². The summed E-state index contributed by atoms with van der Waals surface area (Å²) in [4.78, 5) is 31.2. The average Bonchev–Trinajstić information content (AvgIpc) is 3.38. The first-order chi connectivity index (χ1) is 20.1. The molecule has 222 valence electrons. The first-order valence-corrected chi connectivity index (χ1v) is 15.2. The number of hydrogen-bond acceptors (Lipinski definition) is 9. The highest BCUT2D eigenvalue weighted by molar-refractivity contribution is 5.85. The second-order valence-corrected chi connectivity index (χ2v) is 11.0. The summed E-state index contributed by atoms with van der Waals surface area (Å²) in [6, 6.07) is 8.26. The van der Waals surface area contributed by atoms with Crippen molar-refractivity contribution in [2.45, 2.75) is 95.8 Å². The molecule has 11 heteroatoms. The maximum absolute atomic E-state index is 11.9. The minimum atomic E-state index is -0.305. The van der Waals surface area contributed by atoms with Crippen LogP contribution in [0.15, 0.2) is 30.6 Å². The molecule has 1 aliphatic carbocycles. The summed E-state index contributed by atoms with van der Waals surface area (Å²) >= 11 is 0. The highest BCUT2D eigenvalue weighted by Gasteiger charge is 2.19. The highest BCUT2D eigenvalue weighted by atomic mass is 16.8. The zero-order valence-corrected chi connectivity index (χ0v) is 24.1. The normalized spacial score (nSPS) is 17.8. The molecule has 1 aliphatic heterocycles. The number of hydrogen-bond donors (Lipinski definition) is 3. The van der Waals surface area contributed by atoms with Gasteiger partial charge in [0.2, 0.25) is 11.9 Å². The maximum atomic E-state index is 11.9. The molecular formula is C30H43N7O4. The number of nitrogens with zero attached hydrogens (tertiary/aromatic N) is 4. The molecule has 2 aliphatic rings. The van der Waals surface area contributed by atoms with Gasteiger partial charge in [0.25, 0.3) is 0 Å². The van der Waals surface area contributed by atoms with Gasteiger partial charge in [-0.15, -0.1) is 0 Å². The van der Waals surface area contributed by atoms with Gasteiger partial charge in [-0.25, -0.2) is 15.3 Å². The van der Waals surface area contributed by atoms with Gasteiger partial charge >= 0.3 is 0 Å². The van der Waals surface area contributed by atoms with Crippen molar-refractivity contribution in [3.8, 4) is 5.75 Å². The van der Waals surface area contributed by atoms with Crippen LogP contribution in [0.4, 0.5) is 17.5 Å². The van der Waals surface area contributed by atoms with Gasteiger partial charge < -0.3 is 24.7 Å². The third-order valence-electron chi connectivity index (χ3n) is 7.64. The molecule has 2 aromatic heterocycles. The lowest BCUT2D eigenvalue weighted by Gasteiger charge is -2.23. The number of carbonyl (C=O) groups excluding carboxylic acids is 1. The smallest absolute Gasteiger partial charge is 0.243 e. The van der Waals surface area contributed by atoms with Gasteiger partial charge in [-0.3, -0.25) is 4.79 Å². The number of unbranched alkanes of at least 4 members (excludes halogenated alkanes) is 3. The summed E-state index contributed by atoms with van der Waals surface area (Å²) in [5.74, 6) is 2.07. The van der Waals surface area contributed by atoms with Gasteiger partial charge in [-0.05, 0) is 62.8 Å². The Morgan fingerprint density at radius 3 is 2.61 bits per heavy atom. The molecule has 1 unspecified atom stereocenters. The molecule has 0 spiro atoms. The zero-order chi connectivity index (χ0) is 28.3. The van der Waals surface area contributed by atoms with Crippen LogP contribution in [0.3, 0.4) is 0 Å². The molecule has 0 bridgehead atoms. The summed E-state index contributed by atoms with van der Waals surface area (Å²) in [7, 11) is 1.97. The minimum absolute atomic E-state index is 0.0915. The summed E-state index contributed by atoms with van der Waals surface area (Å²) < 4.78 is 13.3. The predicted molar refractivity (Wildman–Crippen MR) is 158 cm³/mol. The van der Waals surface area contributed by atoms with E-state index in [1.807, 2.05) is 35.9 Å². The van der Waals surface area contributed by atoms with Crippen molar-refractivity contribution in [1.82, 2.24) is 25.0 Å². The number of carbonyl (C=O) groups is 1. The standard InChI is InChI=1S/C30H43N7O4/c1-37-21-31-28-27(37)29(32-22-11-5-4-6-12-22)35-30(34-28)33-23-15-17-24(18-16-23)39-19-9-3-2-7-13-25(38)36-41-26-14-8-10-20-40-26/h15-18,21-22,26H,2-14,19-20H2,1H3,(H,36,38)(H2,32,33,34,35). The molecule has 3 heterocycles. The monoisotopic (exact) mass is 565 g/mol. The Hall–Kier alpha value is -3.44. The summed E-state index contributed by atoms with van der Waals surface area (Å²) in [6.07, 6.45) is 14.8. The van der Waals surface area contributed by atoms with Crippen LogP contribution < -0.4 is 20.9 Å². The summed E-state index contributed by atoms with van der Waals surface area (Å²) in [6.45, 7) is 1.33. The maximum Gasteiger partial charge on any atom is 0.243 e. The Labute approximate surface area is 241 Å². The van der Waals surface area contributed by atoms with Crippen molar-refractivity contribution in [3.05, 3.63) is 30.6 Å². The predicted octanol–water partition coefficient (Wildman–Crippen LogP) is 5.76.